The summed E-state index contributed by atoms with van der Waals surface area (Å²) in [5.41, 5.74) is 2.33. The van der Waals surface area contributed by atoms with Crippen molar-refractivity contribution < 1.29 is 38.1 Å². The summed E-state index contributed by atoms with van der Waals surface area (Å²) >= 11 is 0. The number of carbonyl (C=O) groups is 2. The van der Waals surface area contributed by atoms with Crippen molar-refractivity contribution in [2.45, 2.75) is 13.1 Å². The highest BCUT2D eigenvalue weighted by molar-refractivity contribution is 6.02. The standard InChI is InChI=1S/C17H14F3N3O5/c1-8(9-3-2-4-11(5-9)21-16(28)17(18,19)20)22-23-15(27)10-6-12(24)14(26)13(25)7-10/h2-7,24-26H,1H3,(H,21,28)(H,23,27)/b22-8-. The summed E-state index contributed by atoms with van der Waals surface area (Å²) < 4.78 is 36.9. The van der Waals surface area contributed by atoms with Crippen molar-refractivity contribution in [3.05, 3.63) is 47.5 Å². The first kappa shape index (κ1) is 20.6. The number of hydrogen-bond acceptors (Lipinski definition) is 6. The first-order chi connectivity index (χ1) is 13.0. The predicted octanol–water partition coefficient (Wildman–Crippen LogP) is 2.46. The molecule has 28 heavy (non-hydrogen) atoms. The second-order valence-electron chi connectivity index (χ2n) is 5.53. The Morgan fingerprint density at radius 2 is 1.61 bits per heavy atom. The molecule has 2 amide bonds. The fourth-order valence-electron chi connectivity index (χ4n) is 2.02. The van der Waals surface area contributed by atoms with Gasteiger partial charge in [-0.05, 0) is 36.8 Å². The highest BCUT2D eigenvalue weighted by atomic mass is 19.4. The van der Waals surface area contributed by atoms with Gasteiger partial charge < -0.3 is 20.6 Å². The monoisotopic (exact) mass is 397 g/mol. The largest absolute Gasteiger partial charge is 0.504 e. The van der Waals surface area contributed by atoms with Crippen LogP contribution in [0.25, 0.3) is 0 Å². The number of anilines is 1. The molecule has 0 aliphatic rings. The Hall–Kier alpha value is -3.76. The van der Waals surface area contributed by atoms with E-state index in [4.69, 9.17) is 0 Å². The number of halogens is 3. The molecule has 0 radical (unpaired) electrons. The van der Waals surface area contributed by atoms with Crippen LogP contribution >= 0.6 is 0 Å². The zero-order valence-electron chi connectivity index (χ0n) is 14.2. The van der Waals surface area contributed by atoms with Crippen molar-refractivity contribution in [1.82, 2.24) is 5.43 Å². The topological polar surface area (TPSA) is 131 Å². The number of nitrogens with zero attached hydrogens (tertiary/aromatic N) is 1. The third-order valence-electron chi connectivity index (χ3n) is 3.45. The van der Waals surface area contributed by atoms with Crippen molar-refractivity contribution >= 4 is 23.2 Å². The maximum absolute atomic E-state index is 12.3. The minimum absolute atomic E-state index is 0.117. The number of phenolic OH excluding ortho intramolecular Hbond substituents is 3. The molecule has 0 aromatic heterocycles. The van der Waals surface area contributed by atoms with Crippen LogP contribution < -0.4 is 10.7 Å². The number of hydrazone groups is 1. The molecule has 0 saturated carbocycles. The highest BCUT2D eigenvalue weighted by Gasteiger charge is 2.38. The molecule has 0 fully saturated rings. The number of phenols is 3. The molecular formula is C17H14F3N3O5. The molecule has 8 nitrogen and oxygen atoms in total. The van der Waals surface area contributed by atoms with Crippen LogP contribution in [0.5, 0.6) is 17.2 Å². The molecule has 2 aromatic carbocycles. The third kappa shape index (κ3) is 4.90. The van der Waals surface area contributed by atoms with Gasteiger partial charge in [0.25, 0.3) is 5.91 Å². The molecule has 0 saturated heterocycles. The van der Waals surface area contributed by atoms with Crippen molar-refractivity contribution in [2.24, 2.45) is 5.10 Å². The minimum Gasteiger partial charge on any atom is -0.504 e. The van der Waals surface area contributed by atoms with Crippen LogP contribution in [0.4, 0.5) is 18.9 Å². The van der Waals surface area contributed by atoms with Crippen molar-refractivity contribution in [3.8, 4) is 17.2 Å². The van der Waals surface area contributed by atoms with Crippen LogP contribution in [0.15, 0.2) is 41.5 Å². The molecule has 0 unspecified atom stereocenters. The van der Waals surface area contributed by atoms with Crippen LogP contribution in [0.1, 0.15) is 22.8 Å². The van der Waals surface area contributed by atoms with E-state index in [0.717, 1.165) is 12.1 Å². The Kier molecular flexibility index (Phi) is 5.77. The van der Waals surface area contributed by atoms with Gasteiger partial charge in [-0.3, -0.25) is 9.59 Å². The normalized spacial score (nSPS) is 11.8. The molecule has 148 valence electrons. The summed E-state index contributed by atoms with van der Waals surface area (Å²) in [6.45, 7) is 1.46. The van der Waals surface area contributed by atoms with Gasteiger partial charge in [0.2, 0.25) is 0 Å². The average molecular weight is 397 g/mol. The lowest BCUT2D eigenvalue weighted by molar-refractivity contribution is -0.167. The van der Waals surface area contributed by atoms with Gasteiger partial charge in [-0.1, -0.05) is 12.1 Å². The summed E-state index contributed by atoms with van der Waals surface area (Å²) in [6.07, 6.45) is -5.03. The molecule has 5 N–H and O–H groups in total. The number of aromatic hydroxyl groups is 3. The van der Waals surface area contributed by atoms with Gasteiger partial charge in [0.1, 0.15) is 0 Å². The summed E-state index contributed by atoms with van der Waals surface area (Å²) in [7, 11) is 0. The Morgan fingerprint density at radius 3 is 2.18 bits per heavy atom. The molecule has 2 aromatic rings. The minimum atomic E-state index is -5.03. The molecule has 0 aliphatic heterocycles. The van der Waals surface area contributed by atoms with E-state index in [1.165, 1.54) is 31.2 Å². The summed E-state index contributed by atoms with van der Waals surface area (Å²) in [5.74, 6) is -5.15. The molecule has 11 heteroatoms. The van der Waals surface area contributed by atoms with E-state index >= 15 is 0 Å². The summed E-state index contributed by atoms with van der Waals surface area (Å²) in [6, 6.07) is 7.17. The van der Waals surface area contributed by atoms with Crippen LogP contribution in [-0.4, -0.2) is 39.0 Å². The number of nitrogens with one attached hydrogen (secondary N) is 2. The number of carbonyl (C=O) groups excluding carboxylic acids is 2. The second kappa shape index (κ2) is 7.86. The van der Waals surface area contributed by atoms with Crippen LogP contribution in [-0.2, 0) is 4.79 Å². The molecule has 0 aliphatic carbocycles. The lowest BCUT2D eigenvalue weighted by atomic mass is 10.1. The van der Waals surface area contributed by atoms with Crippen LogP contribution in [0.2, 0.25) is 0 Å². The van der Waals surface area contributed by atoms with Crippen LogP contribution in [0.3, 0.4) is 0 Å². The van der Waals surface area contributed by atoms with Gasteiger partial charge in [0.05, 0.1) is 5.71 Å². The number of rotatable bonds is 4. The van der Waals surface area contributed by atoms with E-state index in [-0.39, 0.29) is 17.0 Å². The maximum Gasteiger partial charge on any atom is 0.471 e. The third-order valence-corrected chi connectivity index (χ3v) is 3.45. The van der Waals surface area contributed by atoms with Gasteiger partial charge in [-0.15, -0.1) is 0 Å². The second-order valence-corrected chi connectivity index (χ2v) is 5.53. The Morgan fingerprint density at radius 1 is 1.00 bits per heavy atom. The van der Waals surface area contributed by atoms with E-state index in [1.807, 2.05) is 0 Å². The molecule has 0 spiro atoms. The Balaban J connectivity index is 2.14. The first-order valence-electron chi connectivity index (χ1n) is 7.57. The lowest BCUT2D eigenvalue weighted by Gasteiger charge is -2.09. The van der Waals surface area contributed by atoms with Gasteiger partial charge in [0, 0.05) is 11.3 Å². The summed E-state index contributed by atoms with van der Waals surface area (Å²) in [5, 5.41) is 33.5. The molecule has 0 heterocycles. The Labute approximate surface area is 155 Å². The van der Waals surface area contributed by atoms with E-state index in [2.05, 4.69) is 10.5 Å². The summed E-state index contributed by atoms with van der Waals surface area (Å²) in [4.78, 5) is 23.0. The predicted molar refractivity (Wildman–Crippen MR) is 92.2 cm³/mol. The maximum atomic E-state index is 12.3. The van der Waals surface area contributed by atoms with Gasteiger partial charge >= 0.3 is 12.1 Å². The number of hydrogen-bond donors (Lipinski definition) is 5. The highest BCUT2D eigenvalue weighted by Crippen LogP contribution is 2.35. The SMILES string of the molecule is C/C(=N/NC(=O)c1cc(O)c(O)c(O)c1)c1cccc(NC(=O)C(F)(F)F)c1. The van der Waals surface area contributed by atoms with Gasteiger partial charge in [-0.25, -0.2) is 5.43 Å². The number of amides is 2. The van der Waals surface area contributed by atoms with Gasteiger partial charge in [0.15, 0.2) is 17.2 Å². The fourth-order valence-corrected chi connectivity index (χ4v) is 2.02. The van der Waals surface area contributed by atoms with Crippen molar-refractivity contribution in [3.63, 3.8) is 0 Å². The molecule has 2 rings (SSSR count). The smallest absolute Gasteiger partial charge is 0.471 e. The van der Waals surface area contributed by atoms with Crippen LogP contribution in [0, 0.1) is 0 Å². The zero-order chi connectivity index (χ0) is 21.1. The van der Waals surface area contributed by atoms with E-state index in [0.29, 0.717) is 5.56 Å². The first-order valence-corrected chi connectivity index (χ1v) is 7.57. The molecule has 0 bridgehead atoms. The zero-order valence-corrected chi connectivity index (χ0v) is 14.2. The molecular weight excluding hydrogens is 383 g/mol. The fraction of sp³-hybridized carbons (Fsp3) is 0.118. The van der Waals surface area contributed by atoms with Crippen molar-refractivity contribution in [2.75, 3.05) is 5.32 Å². The number of benzene rings is 2. The van der Waals surface area contributed by atoms with Crippen molar-refractivity contribution in [1.29, 1.82) is 0 Å². The Bertz CT molecular complexity index is 934. The van der Waals surface area contributed by atoms with E-state index in [1.54, 1.807) is 5.32 Å². The van der Waals surface area contributed by atoms with Gasteiger partial charge in [-0.2, -0.15) is 18.3 Å². The van der Waals surface area contributed by atoms with E-state index < -0.39 is 35.2 Å². The lowest BCUT2D eigenvalue weighted by Crippen LogP contribution is -2.29. The number of alkyl halides is 3. The quantitative estimate of drug-likeness (QED) is 0.307. The van der Waals surface area contributed by atoms with E-state index in [9.17, 15) is 38.1 Å². The molecule has 0 atom stereocenters. The average Bonchev–Trinajstić information content (AvgIpc) is 2.62.